The Morgan fingerprint density at radius 2 is 2.33 bits per heavy atom. The molecule has 3 rings (SSSR count). The predicted octanol–water partition coefficient (Wildman–Crippen LogP) is 1.23. The molecule has 0 bridgehead atoms. The van der Waals surface area contributed by atoms with Crippen LogP contribution in [0.15, 0.2) is 24.7 Å². The van der Waals surface area contributed by atoms with Gasteiger partial charge in [-0.2, -0.15) is 0 Å². The van der Waals surface area contributed by atoms with E-state index in [0.29, 0.717) is 5.92 Å². The molecule has 94 valence electrons. The maximum Gasteiger partial charge on any atom is 0.225 e. The van der Waals surface area contributed by atoms with E-state index in [2.05, 4.69) is 19.9 Å². The van der Waals surface area contributed by atoms with Crippen LogP contribution in [0.1, 0.15) is 12.8 Å². The predicted molar refractivity (Wildman–Crippen MR) is 69.4 cm³/mol. The van der Waals surface area contributed by atoms with Gasteiger partial charge in [0.2, 0.25) is 5.95 Å². The first-order chi connectivity index (χ1) is 8.86. The van der Waals surface area contributed by atoms with Crippen molar-refractivity contribution < 1.29 is 5.11 Å². The minimum absolute atomic E-state index is 0.244. The highest BCUT2D eigenvalue weighted by atomic mass is 16.3. The zero-order valence-corrected chi connectivity index (χ0v) is 10.2. The third-order valence-electron chi connectivity index (χ3n) is 3.43. The molecular formula is C13H16N4O. The highest BCUT2D eigenvalue weighted by Gasteiger charge is 2.21. The van der Waals surface area contributed by atoms with E-state index in [1.54, 1.807) is 12.4 Å². The third kappa shape index (κ3) is 2.13. The van der Waals surface area contributed by atoms with Crippen LogP contribution in [0, 0.1) is 5.92 Å². The first-order valence-electron chi connectivity index (χ1n) is 6.29. The second kappa shape index (κ2) is 4.86. The van der Waals surface area contributed by atoms with Gasteiger partial charge in [-0.25, -0.2) is 9.97 Å². The smallest absolute Gasteiger partial charge is 0.225 e. The molecule has 0 aromatic carbocycles. The van der Waals surface area contributed by atoms with Crippen molar-refractivity contribution in [2.45, 2.75) is 12.8 Å². The lowest BCUT2D eigenvalue weighted by atomic mass is 9.99. The zero-order chi connectivity index (χ0) is 12.4. The van der Waals surface area contributed by atoms with Gasteiger partial charge in [0.1, 0.15) is 0 Å². The third-order valence-corrected chi connectivity index (χ3v) is 3.43. The number of aromatic nitrogens is 3. The Bertz CT molecular complexity index is 545. The van der Waals surface area contributed by atoms with Gasteiger partial charge in [-0.15, -0.1) is 0 Å². The number of pyridine rings is 1. The molecule has 1 atom stereocenters. The van der Waals surface area contributed by atoms with E-state index in [1.165, 1.54) is 0 Å². The number of anilines is 1. The summed E-state index contributed by atoms with van der Waals surface area (Å²) >= 11 is 0. The van der Waals surface area contributed by atoms with Crippen LogP contribution in [0.5, 0.6) is 0 Å². The van der Waals surface area contributed by atoms with E-state index in [0.717, 1.165) is 42.8 Å². The van der Waals surface area contributed by atoms with Gasteiger partial charge in [0.05, 0.1) is 5.52 Å². The number of aliphatic hydroxyl groups is 1. The van der Waals surface area contributed by atoms with Crippen LogP contribution in [0.3, 0.4) is 0 Å². The SMILES string of the molecule is OC[C@H]1CCCN(c2ncc3cnccc3n2)C1. The molecular weight excluding hydrogens is 228 g/mol. The zero-order valence-electron chi connectivity index (χ0n) is 10.2. The van der Waals surface area contributed by atoms with Crippen molar-refractivity contribution in [1.82, 2.24) is 15.0 Å². The van der Waals surface area contributed by atoms with Gasteiger partial charge in [-0.1, -0.05) is 0 Å². The maximum atomic E-state index is 9.25. The molecule has 0 unspecified atom stereocenters. The lowest BCUT2D eigenvalue weighted by Crippen LogP contribution is -2.37. The topological polar surface area (TPSA) is 62.1 Å². The van der Waals surface area contributed by atoms with Gasteiger partial charge in [0.25, 0.3) is 0 Å². The molecule has 1 saturated heterocycles. The number of rotatable bonds is 2. The van der Waals surface area contributed by atoms with E-state index in [4.69, 9.17) is 0 Å². The van der Waals surface area contributed by atoms with Crippen molar-refractivity contribution in [3.8, 4) is 0 Å². The van der Waals surface area contributed by atoms with Crippen molar-refractivity contribution in [2.75, 3.05) is 24.6 Å². The highest BCUT2D eigenvalue weighted by molar-refractivity contribution is 5.77. The second-order valence-corrected chi connectivity index (χ2v) is 4.74. The number of aliphatic hydroxyl groups excluding tert-OH is 1. The van der Waals surface area contributed by atoms with Gasteiger partial charge in [0.15, 0.2) is 0 Å². The van der Waals surface area contributed by atoms with E-state index in [9.17, 15) is 5.11 Å². The molecule has 1 N–H and O–H groups in total. The Hall–Kier alpha value is -1.75. The normalized spacial score (nSPS) is 20.3. The minimum Gasteiger partial charge on any atom is -0.396 e. The van der Waals surface area contributed by atoms with Crippen LogP contribution < -0.4 is 4.90 Å². The molecule has 3 heterocycles. The van der Waals surface area contributed by atoms with E-state index in [-0.39, 0.29) is 6.61 Å². The van der Waals surface area contributed by atoms with Crippen LogP contribution >= 0.6 is 0 Å². The molecule has 18 heavy (non-hydrogen) atoms. The fraction of sp³-hybridized carbons (Fsp3) is 0.462. The molecule has 0 aliphatic carbocycles. The van der Waals surface area contributed by atoms with Crippen molar-refractivity contribution >= 4 is 16.9 Å². The molecule has 1 aliphatic rings. The van der Waals surface area contributed by atoms with Gasteiger partial charge >= 0.3 is 0 Å². The Kier molecular flexibility index (Phi) is 3.06. The summed E-state index contributed by atoms with van der Waals surface area (Å²) in [4.78, 5) is 15.2. The lowest BCUT2D eigenvalue weighted by molar-refractivity contribution is 0.208. The highest BCUT2D eigenvalue weighted by Crippen LogP contribution is 2.21. The minimum atomic E-state index is 0.244. The van der Waals surface area contributed by atoms with Crippen LogP contribution in [0.2, 0.25) is 0 Å². The summed E-state index contributed by atoms with van der Waals surface area (Å²) in [7, 11) is 0. The van der Waals surface area contributed by atoms with E-state index in [1.807, 2.05) is 12.3 Å². The van der Waals surface area contributed by atoms with Crippen molar-refractivity contribution in [3.63, 3.8) is 0 Å². The van der Waals surface area contributed by atoms with Gasteiger partial charge < -0.3 is 10.0 Å². The van der Waals surface area contributed by atoms with Gasteiger partial charge in [-0.3, -0.25) is 4.98 Å². The first kappa shape index (κ1) is 11.3. The number of hydrogen-bond acceptors (Lipinski definition) is 5. The van der Waals surface area contributed by atoms with Crippen molar-refractivity contribution in [2.24, 2.45) is 5.92 Å². The Morgan fingerprint density at radius 1 is 1.39 bits per heavy atom. The molecule has 5 heteroatoms. The van der Waals surface area contributed by atoms with Crippen LogP contribution in [0.25, 0.3) is 10.9 Å². The molecule has 0 amide bonds. The maximum absolute atomic E-state index is 9.25. The van der Waals surface area contributed by atoms with Crippen LogP contribution in [0.4, 0.5) is 5.95 Å². The molecule has 0 spiro atoms. The summed E-state index contributed by atoms with van der Waals surface area (Å²) in [5.41, 5.74) is 0.918. The number of nitrogens with zero attached hydrogens (tertiary/aromatic N) is 4. The monoisotopic (exact) mass is 244 g/mol. The van der Waals surface area contributed by atoms with Crippen molar-refractivity contribution in [3.05, 3.63) is 24.7 Å². The van der Waals surface area contributed by atoms with Gasteiger partial charge in [0, 0.05) is 43.7 Å². The summed E-state index contributed by atoms with van der Waals surface area (Å²) in [6.07, 6.45) is 7.50. The lowest BCUT2D eigenvalue weighted by Gasteiger charge is -2.31. The molecule has 1 aliphatic heterocycles. The molecule has 2 aromatic rings. The van der Waals surface area contributed by atoms with Crippen LogP contribution in [-0.2, 0) is 0 Å². The summed E-state index contributed by atoms with van der Waals surface area (Å²) < 4.78 is 0. The average Bonchev–Trinajstić information content (AvgIpc) is 2.47. The fourth-order valence-corrected chi connectivity index (χ4v) is 2.41. The Morgan fingerprint density at radius 3 is 3.22 bits per heavy atom. The molecule has 5 nitrogen and oxygen atoms in total. The molecule has 0 radical (unpaired) electrons. The van der Waals surface area contributed by atoms with Crippen LogP contribution in [-0.4, -0.2) is 39.8 Å². The van der Waals surface area contributed by atoms with Gasteiger partial charge in [-0.05, 0) is 24.8 Å². The molecule has 2 aromatic heterocycles. The van der Waals surface area contributed by atoms with E-state index >= 15 is 0 Å². The molecule has 1 fully saturated rings. The summed E-state index contributed by atoms with van der Waals surface area (Å²) in [6, 6.07) is 1.90. The standard InChI is InChI=1S/C13H16N4O/c18-9-10-2-1-5-17(8-10)13-15-7-11-6-14-4-3-12(11)16-13/h3-4,6-7,10,18H,1-2,5,8-9H2/t10-/m0/s1. The second-order valence-electron chi connectivity index (χ2n) is 4.74. The summed E-state index contributed by atoms with van der Waals surface area (Å²) in [5.74, 6) is 1.10. The van der Waals surface area contributed by atoms with Crippen molar-refractivity contribution in [1.29, 1.82) is 0 Å². The summed E-state index contributed by atoms with van der Waals surface area (Å²) in [5, 5.41) is 10.2. The Labute approximate surface area is 106 Å². The largest absolute Gasteiger partial charge is 0.396 e. The quantitative estimate of drug-likeness (QED) is 0.861. The fourth-order valence-electron chi connectivity index (χ4n) is 2.41. The summed E-state index contributed by atoms with van der Waals surface area (Å²) in [6.45, 7) is 2.05. The Balaban J connectivity index is 1.89. The molecule has 0 saturated carbocycles. The first-order valence-corrected chi connectivity index (χ1v) is 6.29. The number of fused-ring (bicyclic) bond motifs is 1. The number of piperidine rings is 1. The number of hydrogen-bond donors (Lipinski definition) is 1. The average molecular weight is 244 g/mol. The van der Waals surface area contributed by atoms with E-state index < -0.39 is 0 Å².